The minimum absolute atomic E-state index is 0.107. The second-order valence-electron chi connectivity index (χ2n) is 3.90. The fraction of sp³-hybridized carbons (Fsp3) is 0.417. The van der Waals surface area contributed by atoms with E-state index in [1.165, 1.54) is 4.90 Å². The SMILES string of the molecule is COc1ccc(OC)c(N2CC(O)CC2=O)c1. The van der Waals surface area contributed by atoms with E-state index in [1.807, 2.05) is 0 Å². The molecule has 1 unspecified atom stereocenters. The van der Waals surface area contributed by atoms with Gasteiger partial charge in [-0.3, -0.25) is 4.79 Å². The van der Waals surface area contributed by atoms with Crippen LogP contribution in [0.3, 0.4) is 0 Å². The summed E-state index contributed by atoms with van der Waals surface area (Å²) in [6.45, 7) is 0.294. The van der Waals surface area contributed by atoms with E-state index in [0.717, 1.165) is 0 Å². The molecule has 5 heteroatoms. The number of nitrogens with zero attached hydrogens (tertiary/aromatic N) is 1. The number of hydrogen-bond acceptors (Lipinski definition) is 4. The Morgan fingerprint density at radius 2 is 2.12 bits per heavy atom. The third-order valence-electron chi connectivity index (χ3n) is 2.78. The van der Waals surface area contributed by atoms with Crippen molar-refractivity contribution in [2.75, 3.05) is 25.7 Å². The van der Waals surface area contributed by atoms with E-state index in [1.54, 1.807) is 32.4 Å². The Labute approximate surface area is 99.6 Å². The van der Waals surface area contributed by atoms with Crippen LogP contribution < -0.4 is 14.4 Å². The second kappa shape index (κ2) is 4.63. The molecule has 0 radical (unpaired) electrons. The van der Waals surface area contributed by atoms with Crippen LogP contribution in [0, 0.1) is 0 Å². The van der Waals surface area contributed by atoms with Gasteiger partial charge in [-0.05, 0) is 12.1 Å². The molecule has 17 heavy (non-hydrogen) atoms. The molecule has 1 N–H and O–H groups in total. The number of carbonyl (C=O) groups is 1. The molecule has 2 rings (SSSR count). The lowest BCUT2D eigenvalue weighted by Crippen LogP contribution is -2.25. The highest BCUT2D eigenvalue weighted by atomic mass is 16.5. The monoisotopic (exact) mass is 237 g/mol. The number of amides is 1. The van der Waals surface area contributed by atoms with E-state index in [0.29, 0.717) is 23.7 Å². The van der Waals surface area contributed by atoms with Crippen molar-refractivity contribution in [3.05, 3.63) is 18.2 Å². The highest BCUT2D eigenvalue weighted by Crippen LogP contribution is 2.34. The van der Waals surface area contributed by atoms with E-state index in [4.69, 9.17) is 9.47 Å². The van der Waals surface area contributed by atoms with Gasteiger partial charge in [0.2, 0.25) is 5.91 Å². The zero-order valence-corrected chi connectivity index (χ0v) is 9.84. The van der Waals surface area contributed by atoms with Gasteiger partial charge in [-0.2, -0.15) is 0 Å². The van der Waals surface area contributed by atoms with E-state index < -0.39 is 6.10 Å². The first-order valence-corrected chi connectivity index (χ1v) is 5.36. The summed E-state index contributed by atoms with van der Waals surface area (Å²) >= 11 is 0. The average Bonchev–Trinajstić information content (AvgIpc) is 2.67. The van der Waals surface area contributed by atoms with Gasteiger partial charge in [0.15, 0.2) is 0 Å². The van der Waals surface area contributed by atoms with Gasteiger partial charge < -0.3 is 19.5 Å². The number of methoxy groups -OCH3 is 2. The van der Waals surface area contributed by atoms with Crippen molar-refractivity contribution in [3.8, 4) is 11.5 Å². The molecule has 0 saturated carbocycles. The van der Waals surface area contributed by atoms with Crippen molar-refractivity contribution in [2.24, 2.45) is 0 Å². The molecule has 1 heterocycles. The van der Waals surface area contributed by atoms with Crippen molar-refractivity contribution in [3.63, 3.8) is 0 Å². The molecule has 1 atom stereocenters. The molecule has 0 aliphatic carbocycles. The normalized spacial score (nSPS) is 19.6. The summed E-state index contributed by atoms with van der Waals surface area (Å²) in [6.07, 6.45) is -0.459. The first kappa shape index (κ1) is 11.7. The molecule has 1 amide bonds. The third kappa shape index (κ3) is 2.19. The zero-order valence-electron chi connectivity index (χ0n) is 9.84. The van der Waals surface area contributed by atoms with Crippen molar-refractivity contribution in [1.82, 2.24) is 0 Å². The summed E-state index contributed by atoms with van der Waals surface area (Å²) < 4.78 is 10.3. The lowest BCUT2D eigenvalue weighted by atomic mass is 10.2. The molecule has 0 bridgehead atoms. The van der Waals surface area contributed by atoms with Gasteiger partial charge in [-0.15, -0.1) is 0 Å². The van der Waals surface area contributed by atoms with Crippen LogP contribution in [-0.2, 0) is 4.79 Å². The highest BCUT2D eigenvalue weighted by Gasteiger charge is 2.31. The van der Waals surface area contributed by atoms with Crippen LogP contribution in [0.5, 0.6) is 11.5 Å². The second-order valence-corrected chi connectivity index (χ2v) is 3.90. The molecule has 1 aromatic carbocycles. The minimum atomic E-state index is -0.613. The predicted octanol–water partition coefficient (Wildman–Crippen LogP) is 0.801. The van der Waals surface area contributed by atoms with Gasteiger partial charge in [-0.1, -0.05) is 0 Å². The quantitative estimate of drug-likeness (QED) is 0.844. The Bertz CT molecular complexity index is 433. The number of aliphatic hydroxyl groups excluding tert-OH is 1. The van der Waals surface area contributed by atoms with Gasteiger partial charge in [0.1, 0.15) is 11.5 Å². The zero-order chi connectivity index (χ0) is 12.4. The maximum Gasteiger partial charge on any atom is 0.229 e. The fourth-order valence-corrected chi connectivity index (χ4v) is 1.93. The molecular weight excluding hydrogens is 222 g/mol. The van der Waals surface area contributed by atoms with Gasteiger partial charge in [-0.25, -0.2) is 0 Å². The minimum Gasteiger partial charge on any atom is -0.497 e. The number of hydrogen-bond donors (Lipinski definition) is 1. The van der Waals surface area contributed by atoms with E-state index in [2.05, 4.69) is 0 Å². The standard InChI is InChI=1S/C12H15NO4/c1-16-9-3-4-11(17-2)10(6-9)13-7-8(14)5-12(13)15/h3-4,6,8,14H,5,7H2,1-2H3. The molecule has 1 aromatic rings. The summed E-state index contributed by atoms with van der Waals surface area (Å²) in [5.41, 5.74) is 0.633. The Kier molecular flexibility index (Phi) is 3.19. The molecular formula is C12H15NO4. The lowest BCUT2D eigenvalue weighted by molar-refractivity contribution is -0.117. The predicted molar refractivity (Wildman–Crippen MR) is 62.5 cm³/mol. The Morgan fingerprint density at radius 1 is 1.35 bits per heavy atom. The molecule has 92 valence electrons. The van der Waals surface area contributed by atoms with Crippen LogP contribution in [0.1, 0.15) is 6.42 Å². The molecule has 5 nitrogen and oxygen atoms in total. The molecule has 0 spiro atoms. The summed E-state index contributed by atoms with van der Waals surface area (Å²) in [4.78, 5) is 13.2. The largest absolute Gasteiger partial charge is 0.497 e. The fourth-order valence-electron chi connectivity index (χ4n) is 1.93. The average molecular weight is 237 g/mol. The molecule has 0 aromatic heterocycles. The number of benzene rings is 1. The maximum absolute atomic E-state index is 11.7. The van der Waals surface area contributed by atoms with E-state index >= 15 is 0 Å². The van der Waals surface area contributed by atoms with Gasteiger partial charge in [0.05, 0.1) is 39.0 Å². The van der Waals surface area contributed by atoms with Crippen LogP contribution in [0.4, 0.5) is 5.69 Å². The van der Waals surface area contributed by atoms with Crippen LogP contribution in [0.15, 0.2) is 18.2 Å². The van der Waals surface area contributed by atoms with Gasteiger partial charge >= 0.3 is 0 Å². The molecule has 1 fully saturated rings. The molecule has 1 saturated heterocycles. The van der Waals surface area contributed by atoms with Crippen molar-refractivity contribution >= 4 is 11.6 Å². The summed E-state index contributed by atoms with van der Waals surface area (Å²) in [5, 5.41) is 9.49. The van der Waals surface area contributed by atoms with E-state index in [9.17, 15) is 9.90 Å². The lowest BCUT2D eigenvalue weighted by Gasteiger charge is -2.19. The van der Waals surface area contributed by atoms with Crippen LogP contribution in [0.25, 0.3) is 0 Å². The smallest absolute Gasteiger partial charge is 0.229 e. The maximum atomic E-state index is 11.7. The van der Waals surface area contributed by atoms with Crippen molar-refractivity contribution in [1.29, 1.82) is 0 Å². The number of rotatable bonds is 3. The van der Waals surface area contributed by atoms with Gasteiger partial charge in [0, 0.05) is 6.07 Å². The highest BCUT2D eigenvalue weighted by molar-refractivity contribution is 5.97. The first-order chi connectivity index (χ1) is 8.15. The Morgan fingerprint density at radius 3 is 2.65 bits per heavy atom. The number of anilines is 1. The number of β-amino-alcohol motifs (C(OH)–C–C–N with tert-alkyl or cyclic N) is 1. The number of aliphatic hydroxyl groups is 1. The Hall–Kier alpha value is -1.75. The Balaban J connectivity index is 2.38. The molecule has 1 aliphatic rings. The molecule has 1 aliphatic heterocycles. The van der Waals surface area contributed by atoms with Crippen LogP contribution >= 0.6 is 0 Å². The topological polar surface area (TPSA) is 59.0 Å². The van der Waals surface area contributed by atoms with Gasteiger partial charge in [0.25, 0.3) is 0 Å². The van der Waals surface area contributed by atoms with Crippen LogP contribution in [-0.4, -0.2) is 37.9 Å². The van der Waals surface area contributed by atoms with Crippen molar-refractivity contribution in [2.45, 2.75) is 12.5 Å². The van der Waals surface area contributed by atoms with Crippen LogP contribution in [0.2, 0.25) is 0 Å². The summed E-state index contributed by atoms with van der Waals surface area (Å²) in [5.74, 6) is 1.13. The summed E-state index contributed by atoms with van der Waals surface area (Å²) in [7, 11) is 3.11. The number of ether oxygens (including phenoxy) is 2. The first-order valence-electron chi connectivity index (χ1n) is 5.36. The number of carbonyl (C=O) groups excluding carboxylic acids is 1. The van der Waals surface area contributed by atoms with E-state index in [-0.39, 0.29) is 12.3 Å². The summed E-state index contributed by atoms with van der Waals surface area (Å²) in [6, 6.07) is 5.24. The third-order valence-corrected chi connectivity index (χ3v) is 2.78. The van der Waals surface area contributed by atoms with Crippen molar-refractivity contribution < 1.29 is 19.4 Å².